The second-order valence-corrected chi connectivity index (χ2v) is 5.66. The minimum atomic E-state index is 0.192. The van der Waals surface area contributed by atoms with Crippen LogP contribution in [0, 0.1) is 0 Å². The van der Waals surface area contributed by atoms with Crippen molar-refractivity contribution in [2.75, 3.05) is 33.8 Å². The Hall–Kier alpha value is -0.0800. The van der Waals surface area contributed by atoms with Crippen LogP contribution in [0.2, 0.25) is 0 Å². The zero-order valence-corrected chi connectivity index (χ0v) is 11.0. The molecular weight excluding hydrogens is 186 g/mol. The summed E-state index contributed by atoms with van der Waals surface area (Å²) in [6.45, 7) is 7.93. The molecule has 0 N–H and O–H groups in total. The molecular formula is C13H28NO+. The summed E-state index contributed by atoms with van der Waals surface area (Å²) in [5, 5.41) is 0. The van der Waals surface area contributed by atoms with E-state index in [-0.39, 0.29) is 5.60 Å². The van der Waals surface area contributed by atoms with Crippen LogP contribution in [0.5, 0.6) is 0 Å². The molecule has 1 unspecified atom stereocenters. The summed E-state index contributed by atoms with van der Waals surface area (Å²) in [6, 6.07) is 0. The quantitative estimate of drug-likeness (QED) is 0.488. The summed E-state index contributed by atoms with van der Waals surface area (Å²) in [6.07, 6.45) is 6.22. The van der Waals surface area contributed by atoms with Gasteiger partial charge < -0.3 is 9.22 Å². The lowest BCUT2D eigenvalue weighted by Gasteiger charge is -2.30. The Morgan fingerprint density at radius 2 is 1.93 bits per heavy atom. The lowest BCUT2D eigenvalue weighted by atomic mass is 9.99. The summed E-state index contributed by atoms with van der Waals surface area (Å²) in [7, 11) is 4.62. The lowest BCUT2D eigenvalue weighted by Crippen LogP contribution is -2.43. The molecule has 0 aromatic rings. The lowest BCUT2D eigenvalue weighted by molar-refractivity contribution is -0.880. The van der Waals surface area contributed by atoms with Crippen LogP contribution in [-0.2, 0) is 4.74 Å². The van der Waals surface area contributed by atoms with E-state index in [0.29, 0.717) is 0 Å². The van der Waals surface area contributed by atoms with Gasteiger partial charge in [-0.15, -0.1) is 0 Å². The van der Waals surface area contributed by atoms with Gasteiger partial charge in [-0.25, -0.2) is 0 Å². The first kappa shape index (κ1) is 13.0. The van der Waals surface area contributed by atoms with Crippen molar-refractivity contribution in [2.24, 2.45) is 0 Å². The van der Waals surface area contributed by atoms with Crippen molar-refractivity contribution in [1.29, 1.82) is 0 Å². The van der Waals surface area contributed by atoms with E-state index >= 15 is 0 Å². The predicted octanol–water partition coefficient (Wildman–Crippen LogP) is 2.82. The summed E-state index contributed by atoms with van der Waals surface area (Å²) < 4.78 is 7.29. The van der Waals surface area contributed by atoms with Gasteiger partial charge in [-0.2, -0.15) is 0 Å². The van der Waals surface area contributed by atoms with Crippen molar-refractivity contribution in [3.05, 3.63) is 0 Å². The molecule has 1 fully saturated rings. The van der Waals surface area contributed by atoms with Crippen molar-refractivity contribution in [3.8, 4) is 0 Å². The third-order valence-electron chi connectivity index (χ3n) is 3.69. The summed E-state index contributed by atoms with van der Waals surface area (Å²) >= 11 is 0. The molecule has 90 valence electrons. The van der Waals surface area contributed by atoms with Gasteiger partial charge in [0.2, 0.25) is 0 Å². The van der Waals surface area contributed by atoms with Crippen LogP contribution in [0.25, 0.3) is 0 Å². The number of hydrogen-bond acceptors (Lipinski definition) is 1. The van der Waals surface area contributed by atoms with Gasteiger partial charge in [0.25, 0.3) is 0 Å². The molecule has 0 bridgehead atoms. The maximum Gasteiger partial charge on any atom is 0.122 e. The fraction of sp³-hybridized carbons (Fsp3) is 1.00. The Balaban J connectivity index is 2.35. The molecule has 1 rings (SSSR count). The molecule has 2 heteroatoms. The molecule has 0 radical (unpaired) electrons. The minimum Gasteiger partial charge on any atom is -0.369 e. The van der Waals surface area contributed by atoms with Crippen LogP contribution in [0.15, 0.2) is 0 Å². The maximum absolute atomic E-state index is 6.16. The van der Waals surface area contributed by atoms with E-state index in [1.807, 2.05) is 0 Å². The number of unbranched alkanes of at least 4 members (excludes halogenated alkanes) is 2. The van der Waals surface area contributed by atoms with Crippen LogP contribution >= 0.6 is 0 Å². The van der Waals surface area contributed by atoms with Crippen molar-refractivity contribution in [1.82, 2.24) is 0 Å². The molecule has 0 aliphatic carbocycles. The molecule has 0 amide bonds. The van der Waals surface area contributed by atoms with Crippen molar-refractivity contribution in [2.45, 2.75) is 51.6 Å². The van der Waals surface area contributed by atoms with E-state index in [1.54, 1.807) is 0 Å². The van der Waals surface area contributed by atoms with Gasteiger partial charge in [0.1, 0.15) is 12.1 Å². The van der Waals surface area contributed by atoms with Gasteiger partial charge in [-0.1, -0.05) is 26.7 Å². The smallest absolute Gasteiger partial charge is 0.122 e. The Labute approximate surface area is 95.2 Å². The minimum absolute atomic E-state index is 0.192. The number of likely N-dealkylation sites (tertiary alicyclic amines) is 1. The van der Waals surface area contributed by atoms with Gasteiger partial charge in [0, 0.05) is 13.0 Å². The summed E-state index contributed by atoms with van der Waals surface area (Å²) in [5.41, 5.74) is 0.192. The van der Waals surface area contributed by atoms with Crippen molar-refractivity contribution < 1.29 is 9.22 Å². The van der Waals surface area contributed by atoms with E-state index in [9.17, 15) is 0 Å². The normalized spacial score (nSPS) is 29.6. The van der Waals surface area contributed by atoms with Crippen LogP contribution in [0.1, 0.15) is 46.0 Å². The van der Waals surface area contributed by atoms with Gasteiger partial charge in [-0.05, 0) is 12.8 Å². The van der Waals surface area contributed by atoms with Gasteiger partial charge in [0.05, 0.1) is 20.6 Å². The van der Waals surface area contributed by atoms with Crippen LogP contribution < -0.4 is 0 Å². The molecule has 2 nitrogen and oxygen atoms in total. The van der Waals surface area contributed by atoms with Crippen LogP contribution in [0.4, 0.5) is 0 Å². The van der Waals surface area contributed by atoms with Gasteiger partial charge in [0.15, 0.2) is 0 Å². The topological polar surface area (TPSA) is 9.23 Å². The first-order chi connectivity index (χ1) is 7.04. The molecule has 1 atom stereocenters. The molecule has 1 aliphatic heterocycles. The number of likely N-dealkylation sites (N-methyl/N-ethyl adjacent to an activating group) is 1. The van der Waals surface area contributed by atoms with Gasteiger partial charge in [-0.3, -0.25) is 0 Å². The standard InChI is InChI=1S/C13H28NO/c1-5-7-8-11-15-13(6-2)9-10-14(3,4)12-13/h5-12H2,1-4H3/q+1. The van der Waals surface area contributed by atoms with E-state index in [1.165, 1.54) is 45.2 Å². The average Bonchev–Trinajstić information content (AvgIpc) is 2.50. The number of hydrogen-bond donors (Lipinski definition) is 0. The second kappa shape index (κ2) is 5.31. The highest BCUT2D eigenvalue weighted by molar-refractivity contribution is 4.83. The molecule has 1 aliphatic rings. The Kier molecular flexibility index (Phi) is 4.60. The van der Waals surface area contributed by atoms with E-state index in [4.69, 9.17) is 4.74 Å². The fourth-order valence-corrected chi connectivity index (χ4v) is 2.59. The largest absolute Gasteiger partial charge is 0.369 e. The number of quaternary nitrogens is 1. The maximum atomic E-state index is 6.16. The average molecular weight is 214 g/mol. The highest BCUT2D eigenvalue weighted by Gasteiger charge is 2.43. The van der Waals surface area contributed by atoms with Crippen LogP contribution in [0.3, 0.4) is 0 Å². The first-order valence-electron chi connectivity index (χ1n) is 6.49. The molecule has 0 saturated carbocycles. The fourth-order valence-electron chi connectivity index (χ4n) is 2.59. The third-order valence-corrected chi connectivity index (χ3v) is 3.69. The zero-order valence-electron chi connectivity index (χ0n) is 11.0. The Morgan fingerprint density at radius 3 is 2.40 bits per heavy atom. The number of rotatable bonds is 6. The molecule has 0 aromatic carbocycles. The molecule has 15 heavy (non-hydrogen) atoms. The summed E-state index contributed by atoms with van der Waals surface area (Å²) in [5.74, 6) is 0. The highest BCUT2D eigenvalue weighted by Crippen LogP contribution is 2.31. The monoisotopic (exact) mass is 214 g/mol. The number of nitrogens with zero attached hydrogens (tertiary/aromatic N) is 1. The number of ether oxygens (including phenoxy) is 1. The molecule has 0 spiro atoms. The first-order valence-corrected chi connectivity index (χ1v) is 6.49. The third kappa shape index (κ3) is 3.76. The SMILES string of the molecule is CCCCCOC1(CC)CC[N+](C)(C)C1. The Morgan fingerprint density at radius 1 is 1.20 bits per heavy atom. The zero-order chi connectivity index (χ0) is 11.4. The highest BCUT2D eigenvalue weighted by atomic mass is 16.5. The molecule has 0 aromatic heterocycles. The van der Waals surface area contributed by atoms with Crippen molar-refractivity contribution in [3.63, 3.8) is 0 Å². The Bertz CT molecular complexity index is 191. The van der Waals surface area contributed by atoms with Crippen LogP contribution in [-0.4, -0.2) is 43.9 Å². The van der Waals surface area contributed by atoms with E-state index in [0.717, 1.165) is 11.1 Å². The molecule has 1 saturated heterocycles. The second-order valence-electron chi connectivity index (χ2n) is 5.66. The predicted molar refractivity (Wildman–Crippen MR) is 65.0 cm³/mol. The van der Waals surface area contributed by atoms with E-state index < -0.39 is 0 Å². The summed E-state index contributed by atoms with van der Waals surface area (Å²) in [4.78, 5) is 0. The molecule has 1 heterocycles. The van der Waals surface area contributed by atoms with Crippen molar-refractivity contribution >= 4 is 0 Å². The van der Waals surface area contributed by atoms with E-state index in [2.05, 4.69) is 27.9 Å². The van der Waals surface area contributed by atoms with Gasteiger partial charge >= 0.3 is 0 Å².